The summed E-state index contributed by atoms with van der Waals surface area (Å²) in [5.41, 5.74) is 1.22. The Bertz CT molecular complexity index is 1500. The van der Waals surface area contributed by atoms with E-state index in [0.29, 0.717) is 35.2 Å². The number of unbranched alkanes of at least 4 members (excludes halogenated alkanes) is 2. The van der Waals surface area contributed by atoms with Crippen molar-refractivity contribution < 1.29 is 28.5 Å². The molecule has 0 aliphatic heterocycles. The summed E-state index contributed by atoms with van der Waals surface area (Å²) in [6, 6.07) is 14.3. The molecule has 6 unspecified atom stereocenters. The van der Waals surface area contributed by atoms with E-state index < -0.39 is 0 Å². The van der Waals surface area contributed by atoms with Crippen molar-refractivity contribution in [2.45, 2.75) is 96.2 Å². The first-order valence-electron chi connectivity index (χ1n) is 16.7. The van der Waals surface area contributed by atoms with Gasteiger partial charge < -0.3 is 18.9 Å². The molecule has 228 valence electrons. The summed E-state index contributed by atoms with van der Waals surface area (Å²) >= 11 is 0. The SMILES string of the molecule is CCCCCc1ccc2c(OCC(=O)OC3CC4CCC3C4)c3ccccc3c(OCC(=O)OC3CC4CCC3C4)c2c1. The fraction of sp³-hybridized carbons (Fsp3) is 0.568. The molecule has 7 rings (SSSR count). The van der Waals surface area contributed by atoms with Crippen LogP contribution < -0.4 is 9.47 Å². The number of hydrogen-bond donors (Lipinski definition) is 0. The Morgan fingerprint density at radius 3 is 1.74 bits per heavy atom. The monoisotopic (exact) mass is 584 g/mol. The summed E-state index contributed by atoms with van der Waals surface area (Å²) in [5, 5.41) is 3.45. The van der Waals surface area contributed by atoms with Crippen LogP contribution in [0.5, 0.6) is 11.5 Å². The predicted molar refractivity (Wildman–Crippen MR) is 166 cm³/mol. The van der Waals surface area contributed by atoms with E-state index in [1.165, 1.54) is 37.7 Å². The number of carbonyl (C=O) groups is 2. The van der Waals surface area contributed by atoms with Gasteiger partial charge >= 0.3 is 11.9 Å². The highest BCUT2D eigenvalue weighted by Gasteiger charge is 2.42. The van der Waals surface area contributed by atoms with Crippen LogP contribution in [0.1, 0.15) is 83.1 Å². The minimum Gasteiger partial charge on any atom is -0.481 e. The van der Waals surface area contributed by atoms with Gasteiger partial charge in [0.25, 0.3) is 0 Å². The van der Waals surface area contributed by atoms with Gasteiger partial charge in [-0.2, -0.15) is 0 Å². The third kappa shape index (κ3) is 5.94. The van der Waals surface area contributed by atoms with Crippen molar-refractivity contribution in [3.63, 3.8) is 0 Å². The van der Waals surface area contributed by atoms with Crippen LogP contribution in [0.2, 0.25) is 0 Å². The van der Waals surface area contributed by atoms with Gasteiger partial charge in [-0.05, 0) is 99.5 Å². The molecule has 0 heterocycles. The molecule has 0 N–H and O–H groups in total. The molecule has 4 fully saturated rings. The van der Waals surface area contributed by atoms with Gasteiger partial charge in [0.15, 0.2) is 13.2 Å². The Morgan fingerprint density at radius 2 is 1.23 bits per heavy atom. The molecular weight excluding hydrogens is 540 g/mol. The van der Waals surface area contributed by atoms with E-state index in [-0.39, 0.29) is 37.4 Å². The van der Waals surface area contributed by atoms with Crippen LogP contribution in [-0.2, 0) is 25.5 Å². The second-order valence-corrected chi connectivity index (χ2v) is 13.5. The van der Waals surface area contributed by atoms with Crippen LogP contribution in [0.4, 0.5) is 0 Å². The van der Waals surface area contributed by atoms with Gasteiger partial charge in [0, 0.05) is 21.5 Å². The number of aryl methyl sites for hydroxylation is 1. The highest BCUT2D eigenvalue weighted by molar-refractivity contribution is 6.11. The minimum absolute atomic E-state index is 0.0310. The second kappa shape index (κ2) is 12.4. The molecule has 0 amide bonds. The number of esters is 2. The number of benzene rings is 3. The van der Waals surface area contributed by atoms with Crippen LogP contribution in [0.15, 0.2) is 42.5 Å². The number of fused-ring (bicyclic) bond motifs is 6. The first kappa shape index (κ1) is 28.5. The third-order valence-corrected chi connectivity index (χ3v) is 10.6. The zero-order valence-electron chi connectivity index (χ0n) is 25.4. The van der Waals surface area contributed by atoms with Gasteiger partial charge in [-0.25, -0.2) is 9.59 Å². The fourth-order valence-electron chi connectivity index (χ4n) is 8.52. The molecule has 6 atom stereocenters. The van der Waals surface area contributed by atoms with Crippen molar-refractivity contribution >= 4 is 33.5 Å². The number of rotatable bonds is 12. The van der Waals surface area contributed by atoms with Crippen LogP contribution in [0, 0.1) is 23.7 Å². The van der Waals surface area contributed by atoms with E-state index in [1.807, 2.05) is 24.3 Å². The summed E-state index contributed by atoms with van der Waals surface area (Å²) in [5.74, 6) is 3.12. The number of hydrogen-bond acceptors (Lipinski definition) is 6. The lowest BCUT2D eigenvalue weighted by Crippen LogP contribution is -2.27. The highest BCUT2D eigenvalue weighted by atomic mass is 16.6. The average molecular weight is 585 g/mol. The molecule has 3 aromatic carbocycles. The average Bonchev–Trinajstić information content (AvgIpc) is 3.82. The molecule has 4 saturated carbocycles. The van der Waals surface area contributed by atoms with Crippen molar-refractivity contribution in [2.75, 3.05) is 13.2 Å². The largest absolute Gasteiger partial charge is 0.481 e. The van der Waals surface area contributed by atoms with Crippen molar-refractivity contribution in [2.24, 2.45) is 23.7 Å². The molecule has 6 heteroatoms. The van der Waals surface area contributed by atoms with Gasteiger partial charge in [-0.15, -0.1) is 0 Å². The first-order chi connectivity index (χ1) is 21.1. The normalized spacial score (nSPS) is 27.2. The van der Waals surface area contributed by atoms with Crippen molar-refractivity contribution in [3.8, 4) is 11.5 Å². The van der Waals surface area contributed by atoms with E-state index in [4.69, 9.17) is 18.9 Å². The van der Waals surface area contributed by atoms with E-state index in [9.17, 15) is 9.59 Å². The molecule has 4 aliphatic rings. The maximum Gasteiger partial charge on any atom is 0.344 e. The van der Waals surface area contributed by atoms with Gasteiger partial charge in [0.05, 0.1) is 0 Å². The van der Waals surface area contributed by atoms with Crippen LogP contribution in [0.3, 0.4) is 0 Å². The maximum atomic E-state index is 13.0. The summed E-state index contributed by atoms with van der Waals surface area (Å²) < 4.78 is 24.4. The number of ether oxygens (including phenoxy) is 4. The molecule has 0 radical (unpaired) electrons. The zero-order valence-corrected chi connectivity index (χ0v) is 25.4. The first-order valence-corrected chi connectivity index (χ1v) is 16.7. The highest BCUT2D eigenvalue weighted by Crippen LogP contribution is 2.47. The number of carbonyl (C=O) groups excluding carboxylic acids is 2. The van der Waals surface area contributed by atoms with Gasteiger partial charge in [0.2, 0.25) is 0 Å². The lowest BCUT2D eigenvalue weighted by atomic mass is 9.97. The summed E-state index contributed by atoms with van der Waals surface area (Å²) in [4.78, 5) is 25.9. The van der Waals surface area contributed by atoms with Crippen molar-refractivity contribution in [1.82, 2.24) is 0 Å². The van der Waals surface area contributed by atoms with E-state index in [1.54, 1.807) is 0 Å². The Morgan fingerprint density at radius 1 is 0.674 bits per heavy atom. The Kier molecular flexibility index (Phi) is 8.20. The van der Waals surface area contributed by atoms with Crippen molar-refractivity contribution in [1.29, 1.82) is 0 Å². The fourth-order valence-corrected chi connectivity index (χ4v) is 8.52. The lowest BCUT2D eigenvalue weighted by Gasteiger charge is -2.23. The molecule has 43 heavy (non-hydrogen) atoms. The summed E-state index contributed by atoms with van der Waals surface area (Å²) in [6.45, 7) is 1.94. The third-order valence-electron chi connectivity index (χ3n) is 10.6. The minimum atomic E-state index is -0.311. The summed E-state index contributed by atoms with van der Waals surface area (Å²) in [7, 11) is 0. The Hall–Kier alpha value is -3.28. The topological polar surface area (TPSA) is 71.1 Å². The molecule has 4 bridgehead atoms. The summed E-state index contributed by atoms with van der Waals surface area (Å²) in [6.07, 6.45) is 13.7. The standard InChI is InChI=1S/C37H44O6/c1-2-3-4-7-23-12-15-30-31(18-23)37(41-22-35(39)43-33-20-25-11-14-27(33)17-25)29-9-6-5-8-28(29)36(30)40-21-34(38)42-32-19-24-10-13-26(32)16-24/h5-6,8-9,12,15,18,24-27,32-33H,2-4,7,10-11,13-14,16-17,19-22H2,1H3. The van der Waals surface area contributed by atoms with E-state index in [2.05, 4.69) is 25.1 Å². The molecule has 0 aromatic heterocycles. The molecule has 3 aromatic rings. The Balaban J connectivity index is 1.15. The second-order valence-electron chi connectivity index (χ2n) is 13.5. The predicted octanol–water partition coefficient (Wildman–Crippen LogP) is 7.95. The van der Waals surface area contributed by atoms with Crippen LogP contribution in [0.25, 0.3) is 21.5 Å². The lowest BCUT2D eigenvalue weighted by molar-refractivity contribution is -0.154. The molecule has 6 nitrogen and oxygen atoms in total. The molecular formula is C37H44O6. The van der Waals surface area contributed by atoms with Crippen molar-refractivity contribution in [3.05, 3.63) is 48.0 Å². The smallest absolute Gasteiger partial charge is 0.344 e. The van der Waals surface area contributed by atoms with Crippen LogP contribution in [-0.4, -0.2) is 37.4 Å². The molecule has 0 saturated heterocycles. The van der Waals surface area contributed by atoms with Crippen LogP contribution >= 0.6 is 0 Å². The zero-order chi connectivity index (χ0) is 29.3. The maximum absolute atomic E-state index is 13.0. The molecule has 4 aliphatic carbocycles. The van der Waals surface area contributed by atoms with Gasteiger partial charge in [-0.1, -0.05) is 56.2 Å². The Labute approximate surface area is 254 Å². The van der Waals surface area contributed by atoms with Gasteiger partial charge in [-0.3, -0.25) is 0 Å². The molecule has 0 spiro atoms. The van der Waals surface area contributed by atoms with E-state index >= 15 is 0 Å². The van der Waals surface area contributed by atoms with E-state index in [0.717, 1.165) is 66.5 Å². The van der Waals surface area contributed by atoms with Gasteiger partial charge in [0.1, 0.15) is 23.7 Å². The quantitative estimate of drug-likeness (QED) is 0.122.